The topological polar surface area (TPSA) is 60.9 Å². The molecule has 0 radical (unpaired) electrons. The minimum atomic E-state index is -0.240. The van der Waals surface area contributed by atoms with Gasteiger partial charge in [-0.3, -0.25) is 4.79 Å². The number of carbonyl (C=O) groups excluding carboxylic acids is 1. The van der Waals surface area contributed by atoms with E-state index in [9.17, 15) is 4.79 Å². The first-order chi connectivity index (χ1) is 15.4. The summed E-state index contributed by atoms with van der Waals surface area (Å²) in [6.45, 7) is 7.52. The van der Waals surface area contributed by atoms with E-state index < -0.39 is 0 Å². The summed E-state index contributed by atoms with van der Waals surface area (Å²) in [6, 6.07) is 12.1. The van der Waals surface area contributed by atoms with Crippen LogP contribution in [0.4, 0.5) is 0 Å². The summed E-state index contributed by atoms with van der Waals surface area (Å²) >= 11 is 1.58. The van der Waals surface area contributed by atoms with Gasteiger partial charge in [0.05, 0.1) is 10.2 Å². The third-order valence-corrected chi connectivity index (χ3v) is 6.98. The fourth-order valence-electron chi connectivity index (χ4n) is 4.41. The van der Waals surface area contributed by atoms with Gasteiger partial charge in [-0.15, -0.1) is 0 Å². The summed E-state index contributed by atoms with van der Waals surface area (Å²) in [5.74, 6) is 1.41. The fraction of sp³-hybridized carbons (Fsp3) is 0.440. The highest BCUT2D eigenvalue weighted by atomic mass is 32.1. The number of hydrogen-bond donors (Lipinski definition) is 0. The van der Waals surface area contributed by atoms with Crippen molar-refractivity contribution in [2.24, 2.45) is 0 Å². The van der Waals surface area contributed by atoms with E-state index in [0.29, 0.717) is 24.0 Å². The van der Waals surface area contributed by atoms with Crippen molar-refractivity contribution in [1.29, 1.82) is 0 Å². The number of carbonyl (C=O) groups is 1. The van der Waals surface area contributed by atoms with Crippen LogP contribution in [0.25, 0.3) is 10.2 Å². The lowest BCUT2D eigenvalue weighted by Gasteiger charge is -2.31. The first kappa shape index (κ1) is 21.1. The van der Waals surface area contributed by atoms with Gasteiger partial charge in [0.2, 0.25) is 0 Å². The second-order valence-electron chi connectivity index (χ2n) is 9.17. The highest BCUT2D eigenvalue weighted by Crippen LogP contribution is 2.41. The van der Waals surface area contributed by atoms with Crippen LogP contribution in [-0.4, -0.2) is 47.2 Å². The lowest BCUT2D eigenvalue weighted by molar-refractivity contribution is -0.135. The Labute approximate surface area is 192 Å². The summed E-state index contributed by atoms with van der Waals surface area (Å²) < 4.78 is 19.2. The average Bonchev–Trinajstić information content (AvgIpc) is 3.32. The van der Waals surface area contributed by atoms with Crippen molar-refractivity contribution in [3.63, 3.8) is 0 Å². The van der Waals surface area contributed by atoms with E-state index in [1.165, 1.54) is 0 Å². The molecule has 3 heterocycles. The van der Waals surface area contributed by atoms with E-state index in [0.717, 1.165) is 46.4 Å². The Hall–Kier alpha value is -2.80. The molecule has 7 heteroatoms. The molecule has 2 aromatic carbocycles. The number of ether oxygens (including phenoxy) is 3. The Morgan fingerprint density at radius 1 is 1.22 bits per heavy atom. The molecule has 0 N–H and O–H groups in total. The van der Waals surface area contributed by atoms with Crippen LogP contribution in [0.5, 0.6) is 16.7 Å². The molecule has 0 atom stereocenters. The zero-order chi connectivity index (χ0) is 22.3. The molecule has 1 amide bonds. The first-order valence-electron chi connectivity index (χ1n) is 11.1. The van der Waals surface area contributed by atoms with Crippen molar-refractivity contribution >= 4 is 27.5 Å². The third kappa shape index (κ3) is 4.26. The molecule has 168 valence electrons. The second-order valence-corrected chi connectivity index (χ2v) is 10.2. The zero-order valence-corrected chi connectivity index (χ0v) is 19.5. The molecule has 0 unspecified atom stereocenters. The monoisotopic (exact) mass is 452 g/mol. The number of para-hydroxylation sites is 2. The molecule has 2 aliphatic rings. The number of fused-ring (bicyclic) bond motifs is 2. The molecule has 0 bridgehead atoms. The van der Waals surface area contributed by atoms with Crippen molar-refractivity contribution in [3.05, 3.63) is 47.5 Å². The van der Waals surface area contributed by atoms with Crippen LogP contribution in [-0.2, 0) is 11.2 Å². The maximum atomic E-state index is 12.7. The van der Waals surface area contributed by atoms with E-state index in [1.54, 1.807) is 11.3 Å². The highest BCUT2D eigenvalue weighted by molar-refractivity contribution is 7.20. The Balaban J connectivity index is 1.14. The molecule has 1 saturated heterocycles. The quantitative estimate of drug-likeness (QED) is 0.558. The molecule has 1 aromatic heterocycles. The van der Waals surface area contributed by atoms with Crippen molar-refractivity contribution in [2.75, 3.05) is 19.7 Å². The van der Waals surface area contributed by atoms with Crippen LogP contribution < -0.4 is 14.2 Å². The molecular weight excluding hydrogens is 424 g/mol. The Morgan fingerprint density at radius 2 is 2.00 bits per heavy atom. The predicted molar refractivity (Wildman–Crippen MR) is 125 cm³/mol. The number of rotatable bonds is 5. The Kier molecular flexibility index (Phi) is 5.45. The number of thiazole rings is 1. The Morgan fingerprint density at radius 3 is 2.78 bits per heavy atom. The van der Waals surface area contributed by atoms with Gasteiger partial charge in [-0.05, 0) is 38.5 Å². The molecule has 6 nitrogen and oxygen atoms in total. The first-order valence-corrected chi connectivity index (χ1v) is 11.9. The summed E-state index contributed by atoms with van der Waals surface area (Å²) in [6.07, 6.45) is 2.50. The number of amides is 1. The normalized spacial score (nSPS) is 17.8. The Bertz CT molecular complexity index is 1150. The lowest BCUT2D eigenvalue weighted by Crippen LogP contribution is -2.43. The van der Waals surface area contributed by atoms with Gasteiger partial charge in [-0.25, -0.2) is 4.98 Å². The average molecular weight is 453 g/mol. The van der Waals surface area contributed by atoms with E-state index in [1.807, 2.05) is 23.1 Å². The number of aryl methyl sites for hydroxylation is 1. The van der Waals surface area contributed by atoms with Crippen molar-refractivity contribution in [2.45, 2.75) is 51.7 Å². The van der Waals surface area contributed by atoms with Crippen LogP contribution in [0.15, 0.2) is 36.4 Å². The minimum Gasteiger partial charge on any atom is -0.483 e. The van der Waals surface area contributed by atoms with Crippen LogP contribution in [0.1, 0.15) is 37.8 Å². The summed E-state index contributed by atoms with van der Waals surface area (Å²) in [7, 11) is 0. The molecule has 2 aliphatic heterocycles. The van der Waals surface area contributed by atoms with E-state index in [4.69, 9.17) is 14.2 Å². The van der Waals surface area contributed by atoms with Crippen LogP contribution in [0, 0.1) is 6.92 Å². The van der Waals surface area contributed by atoms with Gasteiger partial charge in [0, 0.05) is 37.9 Å². The van der Waals surface area contributed by atoms with E-state index in [2.05, 4.69) is 44.0 Å². The SMILES string of the molecule is Cc1cccc2sc(OC3CCN(C(=O)COc4cccc5c4OC(C)(C)C5)CC3)nc12. The number of piperidine rings is 1. The maximum Gasteiger partial charge on any atom is 0.274 e. The molecule has 0 saturated carbocycles. The number of aromatic nitrogens is 1. The smallest absolute Gasteiger partial charge is 0.274 e. The summed E-state index contributed by atoms with van der Waals surface area (Å²) in [5, 5.41) is 0.711. The molecule has 0 aliphatic carbocycles. The molecule has 3 aromatic rings. The maximum absolute atomic E-state index is 12.7. The minimum absolute atomic E-state index is 0.00563. The summed E-state index contributed by atoms with van der Waals surface area (Å²) in [4.78, 5) is 19.2. The van der Waals surface area contributed by atoms with Crippen LogP contribution in [0.3, 0.4) is 0 Å². The van der Waals surface area contributed by atoms with E-state index >= 15 is 0 Å². The van der Waals surface area contributed by atoms with Crippen LogP contribution >= 0.6 is 11.3 Å². The second kappa shape index (κ2) is 8.28. The summed E-state index contributed by atoms with van der Waals surface area (Å²) in [5.41, 5.74) is 3.06. The van der Waals surface area contributed by atoms with Crippen molar-refractivity contribution in [1.82, 2.24) is 9.88 Å². The van der Waals surface area contributed by atoms with Gasteiger partial charge in [-0.1, -0.05) is 35.6 Å². The van der Waals surface area contributed by atoms with Gasteiger partial charge in [0.25, 0.3) is 11.1 Å². The van der Waals surface area contributed by atoms with Gasteiger partial charge >= 0.3 is 0 Å². The fourth-order valence-corrected chi connectivity index (χ4v) is 5.37. The largest absolute Gasteiger partial charge is 0.483 e. The number of benzene rings is 2. The van der Waals surface area contributed by atoms with Gasteiger partial charge < -0.3 is 19.1 Å². The van der Waals surface area contributed by atoms with E-state index in [-0.39, 0.29) is 24.2 Å². The lowest BCUT2D eigenvalue weighted by atomic mass is 10.0. The van der Waals surface area contributed by atoms with Crippen molar-refractivity contribution < 1.29 is 19.0 Å². The number of hydrogen-bond acceptors (Lipinski definition) is 6. The molecule has 32 heavy (non-hydrogen) atoms. The predicted octanol–water partition coefficient (Wildman–Crippen LogP) is 4.77. The molecule has 5 rings (SSSR count). The van der Waals surface area contributed by atoms with Gasteiger partial charge in [-0.2, -0.15) is 0 Å². The molecule has 1 fully saturated rings. The number of likely N-dealkylation sites (tertiary alicyclic amines) is 1. The zero-order valence-electron chi connectivity index (χ0n) is 18.7. The molecule has 0 spiro atoms. The van der Waals surface area contributed by atoms with Crippen LogP contribution in [0.2, 0.25) is 0 Å². The standard InChI is InChI=1S/C25H28N2O4S/c1-16-6-4-9-20-22(16)26-24(32-20)30-18-10-12-27(13-11-18)21(28)15-29-19-8-5-7-17-14-25(2,3)31-23(17)19/h4-9,18H,10-15H2,1-3H3. The number of nitrogens with zero attached hydrogens (tertiary/aromatic N) is 2. The van der Waals surface area contributed by atoms with Gasteiger partial charge in [0.1, 0.15) is 11.7 Å². The van der Waals surface area contributed by atoms with Crippen molar-refractivity contribution in [3.8, 4) is 16.7 Å². The van der Waals surface area contributed by atoms with Gasteiger partial charge in [0.15, 0.2) is 18.1 Å². The highest BCUT2D eigenvalue weighted by Gasteiger charge is 2.32. The third-order valence-electron chi connectivity index (χ3n) is 6.07. The molecular formula is C25H28N2O4S.